The molecule has 98 valence electrons. The Kier molecular flexibility index (Phi) is 2.77. The highest BCUT2D eigenvalue weighted by Gasteiger charge is 2.11. The van der Waals surface area contributed by atoms with Gasteiger partial charge in [0.1, 0.15) is 5.75 Å². The Labute approximate surface area is 129 Å². The van der Waals surface area contributed by atoms with Gasteiger partial charge in [-0.15, -0.1) is 22.7 Å². The van der Waals surface area contributed by atoms with E-state index in [2.05, 4.69) is 36.4 Å². The van der Waals surface area contributed by atoms with Crippen LogP contribution in [0, 0.1) is 3.82 Å². The summed E-state index contributed by atoms with van der Waals surface area (Å²) >= 11 is 9.11. The van der Waals surface area contributed by atoms with Crippen LogP contribution < -0.4 is 4.74 Å². The summed E-state index contributed by atoms with van der Waals surface area (Å²) in [5, 5.41) is 3.76. The van der Waals surface area contributed by atoms with E-state index in [1.807, 2.05) is 17.4 Å². The van der Waals surface area contributed by atoms with E-state index in [4.69, 9.17) is 17.0 Å². The molecule has 4 rings (SSSR count). The molecule has 0 aliphatic carbocycles. The van der Waals surface area contributed by atoms with Gasteiger partial charge in [-0.1, -0.05) is 30.4 Å². The van der Waals surface area contributed by atoms with E-state index in [1.54, 1.807) is 18.4 Å². The van der Waals surface area contributed by atoms with E-state index in [0.717, 1.165) is 9.57 Å². The summed E-state index contributed by atoms with van der Waals surface area (Å²) < 4.78 is 10.0. The van der Waals surface area contributed by atoms with Crippen molar-refractivity contribution in [1.29, 1.82) is 0 Å². The maximum absolute atomic E-state index is 5.63. The minimum absolute atomic E-state index is 0.878. The van der Waals surface area contributed by atoms with E-state index < -0.39 is 0 Å². The first-order valence-electron chi connectivity index (χ1n) is 6.20. The van der Waals surface area contributed by atoms with Crippen molar-refractivity contribution in [2.24, 2.45) is 0 Å². The maximum atomic E-state index is 5.63. The first-order chi connectivity index (χ1) is 9.78. The number of fused-ring (bicyclic) bond motifs is 5. The van der Waals surface area contributed by atoms with Crippen molar-refractivity contribution in [3.63, 3.8) is 0 Å². The van der Waals surface area contributed by atoms with Crippen molar-refractivity contribution in [1.82, 2.24) is 0 Å². The number of hydrogen-bond acceptors (Lipinski definition) is 4. The number of methoxy groups -OCH3 is 1. The minimum atomic E-state index is 0.878. The lowest BCUT2D eigenvalue weighted by atomic mass is 10.1. The molecular weight excluding hydrogens is 304 g/mol. The molecule has 0 amide bonds. The lowest BCUT2D eigenvalue weighted by molar-refractivity contribution is 0.415. The first-order valence-corrected chi connectivity index (χ1v) is 8.24. The number of ether oxygens (including phenoxy) is 1. The second-order valence-electron chi connectivity index (χ2n) is 4.55. The van der Waals surface area contributed by atoms with Crippen LogP contribution in [-0.2, 0) is 0 Å². The zero-order chi connectivity index (χ0) is 13.7. The molecule has 0 saturated carbocycles. The van der Waals surface area contributed by atoms with Crippen molar-refractivity contribution < 1.29 is 4.74 Å². The fourth-order valence-corrected chi connectivity index (χ4v) is 5.38. The van der Waals surface area contributed by atoms with Gasteiger partial charge in [-0.25, -0.2) is 0 Å². The molecule has 1 nitrogen and oxygen atoms in total. The summed E-state index contributed by atoms with van der Waals surface area (Å²) in [4.78, 5) is 0. The monoisotopic (exact) mass is 314 g/mol. The maximum Gasteiger partial charge on any atom is 0.120 e. The van der Waals surface area contributed by atoms with Gasteiger partial charge in [0.25, 0.3) is 0 Å². The SMILES string of the molecule is COc1ccc2c(c1)sc(=S)c1c3ccccc3sc21. The van der Waals surface area contributed by atoms with Gasteiger partial charge >= 0.3 is 0 Å². The molecule has 20 heavy (non-hydrogen) atoms. The molecule has 0 atom stereocenters. The van der Waals surface area contributed by atoms with E-state index in [1.165, 1.54) is 30.3 Å². The number of thiophene rings is 1. The molecule has 0 radical (unpaired) electrons. The Balaban J connectivity index is 2.27. The van der Waals surface area contributed by atoms with Gasteiger partial charge < -0.3 is 4.74 Å². The average molecular weight is 314 g/mol. The Morgan fingerprint density at radius 1 is 0.950 bits per heavy atom. The molecule has 2 heterocycles. The van der Waals surface area contributed by atoms with Crippen LogP contribution in [0.15, 0.2) is 42.5 Å². The van der Waals surface area contributed by atoms with Gasteiger partial charge in [-0.3, -0.25) is 0 Å². The van der Waals surface area contributed by atoms with Gasteiger partial charge in [-0.2, -0.15) is 0 Å². The van der Waals surface area contributed by atoms with Gasteiger partial charge in [0.05, 0.1) is 10.9 Å². The highest BCUT2D eigenvalue weighted by Crippen LogP contribution is 2.41. The lowest BCUT2D eigenvalue weighted by Gasteiger charge is -2.03. The molecule has 0 bridgehead atoms. The lowest BCUT2D eigenvalue weighted by Crippen LogP contribution is -1.81. The third-order valence-electron chi connectivity index (χ3n) is 3.44. The van der Waals surface area contributed by atoms with Crippen LogP contribution in [0.5, 0.6) is 5.75 Å². The van der Waals surface area contributed by atoms with E-state index in [9.17, 15) is 0 Å². The molecule has 0 aliphatic rings. The molecule has 0 fully saturated rings. The largest absolute Gasteiger partial charge is 0.497 e. The number of hydrogen-bond donors (Lipinski definition) is 0. The van der Waals surface area contributed by atoms with Crippen molar-refractivity contribution in [3.05, 3.63) is 46.3 Å². The molecule has 4 aromatic rings. The fraction of sp³-hybridized carbons (Fsp3) is 0.0625. The molecule has 4 heteroatoms. The van der Waals surface area contributed by atoms with E-state index in [0.29, 0.717) is 0 Å². The molecule has 0 spiro atoms. The quantitative estimate of drug-likeness (QED) is 0.398. The average Bonchev–Trinajstić information content (AvgIpc) is 2.86. The highest BCUT2D eigenvalue weighted by atomic mass is 32.1. The normalized spacial score (nSPS) is 11.4. The number of rotatable bonds is 1. The summed E-state index contributed by atoms with van der Waals surface area (Å²) in [5.74, 6) is 0.878. The Hall–Kier alpha value is -1.49. The topological polar surface area (TPSA) is 9.23 Å². The summed E-state index contributed by atoms with van der Waals surface area (Å²) in [7, 11) is 1.69. The third kappa shape index (κ3) is 1.69. The molecular formula is C16H10OS3. The summed E-state index contributed by atoms with van der Waals surface area (Å²) in [6.45, 7) is 0. The predicted molar refractivity (Wildman–Crippen MR) is 92.1 cm³/mol. The Morgan fingerprint density at radius 2 is 1.80 bits per heavy atom. The van der Waals surface area contributed by atoms with Crippen molar-refractivity contribution in [2.75, 3.05) is 7.11 Å². The zero-order valence-electron chi connectivity index (χ0n) is 10.7. The van der Waals surface area contributed by atoms with E-state index >= 15 is 0 Å². The van der Waals surface area contributed by atoms with Gasteiger partial charge in [0.15, 0.2) is 0 Å². The second kappa shape index (κ2) is 4.52. The Morgan fingerprint density at radius 3 is 2.65 bits per heavy atom. The highest BCUT2D eigenvalue weighted by molar-refractivity contribution is 7.74. The minimum Gasteiger partial charge on any atom is -0.497 e. The van der Waals surface area contributed by atoms with Crippen molar-refractivity contribution >= 4 is 65.1 Å². The van der Waals surface area contributed by atoms with Gasteiger partial charge in [0.2, 0.25) is 0 Å². The standard InChI is InChI=1S/C16H10OS3/c1-17-9-6-7-11-13(8-9)20-16(18)14-10-4-2-3-5-12(10)19-15(11)14/h2-8H,1H3. The molecule has 0 aliphatic heterocycles. The smallest absolute Gasteiger partial charge is 0.120 e. The Bertz CT molecular complexity index is 1010. The molecule has 2 aromatic carbocycles. The summed E-state index contributed by atoms with van der Waals surface area (Å²) in [6.07, 6.45) is 0. The third-order valence-corrected chi connectivity index (χ3v) is 6.04. The van der Waals surface area contributed by atoms with Crippen LogP contribution in [0.3, 0.4) is 0 Å². The zero-order valence-corrected chi connectivity index (χ0v) is 13.1. The van der Waals surface area contributed by atoms with E-state index in [-0.39, 0.29) is 0 Å². The van der Waals surface area contributed by atoms with Crippen LogP contribution >= 0.6 is 34.9 Å². The van der Waals surface area contributed by atoms with Crippen LogP contribution in [0.4, 0.5) is 0 Å². The van der Waals surface area contributed by atoms with Gasteiger partial charge in [-0.05, 0) is 24.3 Å². The molecule has 2 aromatic heterocycles. The molecule has 0 saturated heterocycles. The first kappa shape index (κ1) is 12.3. The van der Waals surface area contributed by atoms with Crippen LogP contribution in [-0.4, -0.2) is 7.11 Å². The number of benzene rings is 2. The second-order valence-corrected chi connectivity index (χ2v) is 7.33. The van der Waals surface area contributed by atoms with Crippen LogP contribution in [0.1, 0.15) is 0 Å². The van der Waals surface area contributed by atoms with Gasteiger partial charge in [0, 0.05) is 30.3 Å². The molecule has 0 unspecified atom stereocenters. The van der Waals surface area contributed by atoms with Crippen molar-refractivity contribution in [3.8, 4) is 5.75 Å². The summed E-state index contributed by atoms with van der Waals surface area (Å²) in [5.41, 5.74) is 0. The van der Waals surface area contributed by atoms with Crippen LogP contribution in [0.25, 0.3) is 30.3 Å². The molecule has 0 N–H and O–H groups in total. The summed E-state index contributed by atoms with van der Waals surface area (Å²) in [6, 6.07) is 14.7. The van der Waals surface area contributed by atoms with Crippen LogP contribution in [0.2, 0.25) is 0 Å². The van der Waals surface area contributed by atoms with Crippen molar-refractivity contribution in [2.45, 2.75) is 0 Å². The predicted octanol–water partition coefficient (Wildman–Crippen LogP) is 6.01. The fourth-order valence-electron chi connectivity index (χ4n) is 2.49.